The predicted molar refractivity (Wildman–Crippen MR) is 65.4 cm³/mol. The van der Waals surface area contributed by atoms with Crippen molar-refractivity contribution in [2.45, 2.75) is 15.9 Å². The molecule has 0 saturated carbocycles. The maximum atomic E-state index is 13.3. The normalized spacial score (nSPS) is 13.4. The molecular formula is C8H2Cl3F5N6O. The zero-order chi connectivity index (χ0) is 17.6. The van der Waals surface area contributed by atoms with Crippen molar-refractivity contribution >= 4 is 40.8 Å². The van der Waals surface area contributed by atoms with Crippen molar-refractivity contribution in [3.05, 3.63) is 24.3 Å². The van der Waals surface area contributed by atoms with E-state index in [2.05, 4.69) is 20.2 Å². The molecular weight excluding hydrogens is 397 g/mol. The minimum atomic E-state index is -6.01. The highest BCUT2D eigenvalue weighted by molar-refractivity contribution is 6.66. The number of hydrogen-bond donors (Lipinski definition) is 0. The Morgan fingerprint density at radius 2 is 1.74 bits per heavy atom. The van der Waals surface area contributed by atoms with Crippen molar-refractivity contribution in [2.75, 3.05) is 0 Å². The molecule has 0 bridgehead atoms. The van der Waals surface area contributed by atoms with E-state index in [1.54, 1.807) is 0 Å². The highest BCUT2D eigenvalue weighted by atomic mass is 35.6. The molecule has 126 valence electrons. The lowest BCUT2D eigenvalue weighted by molar-refractivity contribution is -0.292. The first kappa shape index (κ1) is 17.8. The minimum Gasteiger partial charge on any atom is -0.243 e. The van der Waals surface area contributed by atoms with E-state index in [1.807, 2.05) is 0 Å². The van der Waals surface area contributed by atoms with Crippen LogP contribution in [0.5, 0.6) is 0 Å². The van der Waals surface area contributed by atoms with Crippen molar-refractivity contribution < 1.29 is 26.7 Å². The molecule has 0 saturated heterocycles. The topological polar surface area (TPSA) is 78.5 Å². The van der Waals surface area contributed by atoms with E-state index in [4.69, 9.17) is 34.8 Å². The molecule has 0 radical (unpaired) electrons. The summed E-state index contributed by atoms with van der Waals surface area (Å²) in [5, 5.41) is 6.18. The molecule has 2 aromatic rings. The average Bonchev–Trinajstić information content (AvgIpc) is 3.05. The van der Waals surface area contributed by atoms with Gasteiger partial charge in [0.25, 0.3) is 0 Å². The fraction of sp³-hybridized carbons (Fsp3) is 0.375. The maximum Gasteiger partial charge on any atom is 0.461 e. The molecule has 0 aliphatic rings. The SMILES string of the molecule is O=C(n1cncn1)n1nc(C(F)(F)C(F)(F)F)nc1C(Cl)(Cl)Cl. The van der Waals surface area contributed by atoms with Gasteiger partial charge in [-0.1, -0.05) is 34.8 Å². The fourth-order valence-electron chi connectivity index (χ4n) is 1.29. The van der Waals surface area contributed by atoms with Crippen LogP contribution in [-0.2, 0) is 9.72 Å². The molecule has 2 aromatic heterocycles. The number of aromatic nitrogens is 6. The summed E-state index contributed by atoms with van der Waals surface area (Å²) in [6.07, 6.45) is -4.29. The van der Waals surface area contributed by atoms with Gasteiger partial charge < -0.3 is 0 Å². The molecule has 0 atom stereocenters. The van der Waals surface area contributed by atoms with Crippen LogP contribution >= 0.6 is 34.8 Å². The van der Waals surface area contributed by atoms with E-state index in [0.717, 1.165) is 12.7 Å². The van der Waals surface area contributed by atoms with Gasteiger partial charge in [-0.15, -0.1) is 5.10 Å². The quantitative estimate of drug-likeness (QED) is 0.544. The Morgan fingerprint density at radius 1 is 1.13 bits per heavy atom. The lowest BCUT2D eigenvalue weighted by atomic mass is 10.3. The Labute approximate surface area is 138 Å². The van der Waals surface area contributed by atoms with Gasteiger partial charge in [0.1, 0.15) is 12.7 Å². The molecule has 23 heavy (non-hydrogen) atoms. The summed E-state index contributed by atoms with van der Waals surface area (Å²) in [7, 11) is 0. The third kappa shape index (κ3) is 3.23. The summed E-state index contributed by atoms with van der Waals surface area (Å²) in [5.41, 5.74) is 0. The summed E-state index contributed by atoms with van der Waals surface area (Å²) in [6, 6.07) is -1.33. The zero-order valence-corrected chi connectivity index (χ0v) is 12.5. The van der Waals surface area contributed by atoms with Crippen LogP contribution in [-0.4, -0.2) is 41.7 Å². The number of alkyl halides is 8. The van der Waals surface area contributed by atoms with E-state index in [1.165, 1.54) is 0 Å². The highest BCUT2D eigenvalue weighted by Crippen LogP contribution is 2.44. The number of hydrogen-bond acceptors (Lipinski definition) is 5. The Balaban J connectivity index is 2.61. The molecule has 15 heteroatoms. The second-order valence-corrected chi connectivity index (χ2v) is 6.14. The van der Waals surface area contributed by atoms with Crippen LogP contribution < -0.4 is 0 Å². The number of nitrogens with zero attached hydrogens (tertiary/aromatic N) is 6. The first-order valence-corrected chi connectivity index (χ1v) is 6.37. The van der Waals surface area contributed by atoms with Crippen molar-refractivity contribution in [2.24, 2.45) is 0 Å². The monoisotopic (exact) mass is 398 g/mol. The van der Waals surface area contributed by atoms with E-state index >= 15 is 0 Å². The Bertz CT molecular complexity index is 722. The van der Waals surface area contributed by atoms with E-state index < -0.39 is 33.6 Å². The Kier molecular flexibility index (Phi) is 4.28. The molecule has 0 N–H and O–H groups in total. The molecule has 2 heterocycles. The van der Waals surface area contributed by atoms with Gasteiger partial charge >= 0.3 is 18.1 Å². The molecule has 0 aliphatic carbocycles. The van der Waals surface area contributed by atoms with Gasteiger partial charge in [0.2, 0.25) is 9.62 Å². The summed E-state index contributed by atoms with van der Waals surface area (Å²) >= 11 is 16.3. The van der Waals surface area contributed by atoms with Gasteiger partial charge in [-0.05, 0) is 0 Å². The van der Waals surface area contributed by atoms with Crippen LogP contribution in [0.25, 0.3) is 0 Å². The highest BCUT2D eigenvalue weighted by Gasteiger charge is 2.62. The molecule has 2 rings (SSSR count). The largest absolute Gasteiger partial charge is 0.461 e. The smallest absolute Gasteiger partial charge is 0.243 e. The van der Waals surface area contributed by atoms with Crippen LogP contribution in [0.1, 0.15) is 11.6 Å². The molecule has 0 amide bonds. The van der Waals surface area contributed by atoms with Crippen LogP contribution in [0.2, 0.25) is 0 Å². The van der Waals surface area contributed by atoms with Crippen LogP contribution in [0.15, 0.2) is 12.7 Å². The first-order valence-electron chi connectivity index (χ1n) is 5.24. The van der Waals surface area contributed by atoms with Crippen molar-refractivity contribution in [3.8, 4) is 0 Å². The number of carbonyl (C=O) groups excluding carboxylic acids is 1. The summed E-state index contributed by atoms with van der Waals surface area (Å²) in [6.45, 7) is 0. The number of carbonyl (C=O) groups is 1. The summed E-state index contributed by atoms with van der Waals surface area (Å²) in [5.74, 6) is -8.59. The van der Waals surface area contributed by atoms with Gasteiger partial charge in [-0.3, -0.25) is 0 Å². The van der Waals surface area contributed by atoms with Gasteiger partial charge in [-0.2, -0.15) is 36.4 Å². The maximum absolute atomic E-state index is 13.3. The predicted octanol–water partition coefficient (Wildman–Crippen LogP) is 2.87. The average molecular weight is 399 g/mol. The zero-order valence-electron chi connectivity index (χ0n) is 10.3. The second kappa shape index (κ2) is 5.53. The summed E-state index contributed by atoms with van der Waals surface area (Å²) < 4.78 is 61.6. The number of halogens is 8. The van der Waals surface area contributed by atoms with Gasteiger partial charge in [0.15, 0.2) is 5.82 Å². The van der Waals surface area contributed by atoms with Crippen LogP contribution in [0.3, 0.4) is 0 Å². The Morgan fingerprint density at radius 3 is 2.17 bits per heavy atom. The molecule has 0 unspecified atom stereocenters. The van der Waals surface area contributed by atoms with E-state index in [0.29, 0.717) is 4.68 Å². The molecule has 0 aromatic carbocycles. The third-order valence-corrected chi connectivity index (χ3v) is 2.80. The van der Waals surface area contributed by atoms with E-state index in [-0.39, 0.29) is 4.68 Å². The van der Waals surface area contributed by atoms with Gasteiger partial charge in [-0.25, -0.2) is 14.8 Å². The minimum absolute atomic E-state index is 0.0311. The van der Waals surface area contributed by atoms with Crippen molar-refractivity contribution in [3.63, 3.8) is 0 Å². The Hall–Kier alpha value is -1.53. The van der Waals surface area contributed by atoms with Crippen LogP contribution in [0.4, 0.5) is 26.7 Å². The second-order valence-electron chi connectivity index (χ2n) is 3.86. The van der Waals surface area contributed by atoms with Gasteiger partial charge in [0.05, 0.1) is 0 Å². The fourth-order valence-corrected chi connectivity index (χ4v) is 1.66. The van der Waals surface area contributed by atoms with Gasteiger partial charge in [0, 0.05) is 0 Å². The van der Waals surface area contributed by atoms with Crippen molar-refractivity contribution in [1.29, 1.82) is 0 Å². The molecule has 0 aliphatic heterocycles. The summed E-state index contributed by atoms with van der Waals surface area (Å²) in [4.78, 5) is 18.2. The van der Waals surface area contributed by atoms with Crippen molar-refractivity contribution in [1.82, 2.24) is 29.5 Å². The molecule has 0 spiro atoms. The lowest BCUT2D eigenvalue weighted by Gasteiger charge is -2.15. The molecule has 0 fully saturated rings. The van der Waals surface area contributed by atoms with E-state index in [9.17, 15) is 26.7 Å². The van der Waals surface area contributed by atoms with Crippen LogP contribution in [0, 0.1) is 0 Å². The molecule has 7 nitrogen and oxygen atoms in total. The third-order valence-electron chi connectivity index (χ3n) is 2.29. The lowest BCUT2D eigenvalue weighted by Crippen LogP contribution is -2.35. The first-order chi connectivity index (χ1) is 10.4. The number of rotatable bonds is 1. The standard InChI is InChI=1S/C8H2Cl3F5N6O/c9-7(10,11)4-19-3(6(12,13)8(14,15)16)20-22(4)5(23)21-2-17-1-18-21/h1-2H.